The molecule has 1 aliphatic rings. The number of hydrogen-bond acceptors (Lipinski definition) is 5. The summed E-state index contributed by atoms with van der Waals surface area (Å²) in [7, 11) is -1.65. The summed E-state index contributed by atoms with van der Waals surface area (Å²) >= 11 is 1.04. The summed E-state index contributed by atoms with van der Waals surface area (Å²) in [6.07, 6.45) is 1.78. The minimum Gasteiger partial charge on any atom is -0.350 e. The Balaban J connectivity index is 2.04. The van der Waals surface area contributed by atoms with E-state index in [2.05, 4.69) is 17.6 Å². The molecule has 1 aromatic heterocycles. The minimum absolute atomic E-state index is 0.164. The number of rotatable bonds is 6. The molecular weight excluding hydrogens is 334 g/mol. The van der Waals surface area contributed by atoms with Crippen molar-refractivity contribution >= 4 is 27.3 Å². The second kappa shape index (κ2) is 7.74. The number of likely N-dealkylation sites (N-methyl/N-ethyl adjacent to an activating group) is 1. The number of nitrogens with zero attached hydrogens (tertiary/aromatic N) is 1. The lowest BCUT2D eigenvalue weighted by molar-refractivity contribution is 0.0954. The Morgan fingerprint density at radius 2 is 2.04 bits per heavy atom. The third kappa shape index (κ3) is 4.53. The van der Waals surface area contributed by atoms with Crippen LogP contribution in [0.3, 0.4) is 0 Å². The molecule has 2 heterocycles. The van der Waals surface area contributed by atoms with Gasteiger partial charge < -0.3 is 10.6 Å². The summed E-state index contributed by atoms with van der Waals surface area (Å²) in [6.45, 7) is 5.72. The van der Waals surface area contributed by atoms with Crippen molar-refractivity contribution in [2.75, 3.05) is 26.7 Å². The smallest absolute Gasteiger partial charge is 0.261 e. The van der Waals surface area contributed by atoms with Crippen molar-refractivity contribution in [2.45, 2.75) is 36.9 Å². The molecule has 6 nitrogen and oxygen atoms in total. The van der Waals surface area contributed by atoms with Gasteiger partial charge in [-0.25, -0.2) is 8.42 Å². The highest BCUT2D eigenvalue weighted by Gasteiger charge is 2.29. The van der Waals surface area contributed by atoms with Crippen LogP contribution in [0, 0.1) is 5.92 Å². The molecule has 1 saturated heterocycles. The van der Waals surface area contributed by atoms with Crippen molar-refractivity contribution in [3.63, 3.8) is 0 Å². The van der Waals surface area contributed by atoms with Gasteiger partial charge in [0.15, 0.2) is 0 Å². The first kappa shape index (κ1) is 18.4. The van der Waals surface area contributed by atoms with Gasteiger partial charge in [0, 0.05) is 25.7 Å². The summed E-state index contributed by atoms with van der Waals surface area (Å²) in [6, 6.07) is 3.29. The predicted octanol–water partition coefficient (Wildman–Crippen LogP) is 1.51. The third-order valence-corrected chi connectivity index (χ3v) is 7.65. The second-order valence-corrected chi connectivity index (χ2v) is 9.35. The van der Waals surface area contributed by atoms with Gasteiger partial charge in [0.25, 0.3) is 15.9 Å². The van der Waals surface area contributed by atoms with Gasteiger partial charge in [0.1, 0.15) is 4.21 Å². The fourth-order valence-corrected chi connectivity index (χ4v) is 5.21. The monoisotopic (exact) mass is 359 g/mol. The summed E-state index contributed by atoms with van der Waals surface area (Å²) in [5, 5.41) is 5.83. The standard InChI is InChI=1S/C15H25N3O3S2/c1-11-6-8-18(9-7-11)23(20,21)14-5-4-13(22-14)15(19)17-10-12(2)16-3/h4-5,11-12,16H,6-10H2,1-3H3,(H,17,19). The van der Waals surface area contributed by atoms with Crippen molar-refractivity contribution in [3.8, 4) is 0 Å². The largest absolute Gasteiger partial charge is 0.350 e. The summed E-state index contributed by atoms with van der Waals surface area (Å²) in [5.74, 6) is 0.339. The Kier molecular flexibility index (Phi) is 6.19. The van der Waals surface area contributed by atoms with Crippen molar-refractivity contribution in [3.05, 3.63) is 17.0 Å². The molecule has 2 N–H and O–H groups in total. The van der Waals surface area contributed by atoms with E-state index in [0.717, 1.165) is 24.2 Å². The number of thiophene rings is 1. The average Bonchev–Trinajstić information content (AvgIpc) is 3.03. The minimum atomic E-state index is -3.47. The molecule has 1 amide bonds. The Bertz CT molecular complexity index is 634. The van der Waals surface area contributed by atoms with Crippen LogP contribution in [0.1, 0.15) is 36.4 Å². The van der Waals surface area contributed by atoms with Gasteiger partial charge in [-0.3, -0.25) is 4.79 Å². The van der Waals surface area contributed by atoms with Crippen molar-refractivity contribution < 1.29 is 13.2 Å². The topological polar surface area (TPSA) is 78.5 Å². The molecular formula is C15H25N3O3S2. The van der Waals surface area contributed by atoms with E-state index in [-0.39, 0.29) is 16.2 Å². The summed E-state index contributed by atoms with van der Waals surface area (Å²) in [4.78, 5) is 12.5. The molecule has 0 saturated carbocycles. The second-order valence-electron chi connectivity index (χ2n) is 6.11. The highest BCUT2D eigenvalue weighted by molar-refractivity contribution is 7.91. The predicted molar refractivity (Wildman–Crippen MR) is 92.3 cm³/mol. The van der Waals surface area contributed by atoms with Crippen molar-refractivity contribution in [1.82, 2.24) is 14.9 Å². The molecule has 130 valence electrons. The summed E-state index contributed by atoms with van der Waals surface area (Å²) in [5.41, 5.74) is 0. The molecule has 1 fully saturated rings. The maximum atomic E-state index is 12.6. The van der Waals surface area contributed by atoms with Crippen LogP contribution >= 0.6 is 11.3 Å². The normalized spacial score (nSPS) is 18.7. The Morgan fingerprint density at radius 3 is 2.65 bits per heavy atom. The van der Waals surface area contributed by atoms with E-state index in [1.807, 2.05) is 14.0 Å². The van der Waals surface area contributed by atoms with Gasteiger partial charge in [-0.15, -0.1) is 11.3 Å². The molecule has 0 aromatic carbocycles. The third-order valence-electron chi connectivity index (χ3n) is 4.20. The lowest BCUT2D eigenvalue weighted by Gasteiger charge is -2.28. The lowest BCUT2D eigenvalue weighted by Crippen LogP contribution is -2.37. The Morgan fingerprint density at radius 1 is 1.39 bits per heavy atom. The van der Waals surface area contributed by atoms with Gasteiger partial charge in [-0.1, -0.05) is 6.92 Å². The van der Waals surface area contributed by atoms with E-state index in [0.29, 0.717) is 30.4 Å². The van der Waals surface area contributed by atoms with Crippen LogP contribution in [-0.4, -0.2) is 51.4 Å². The maximum absolute atomic E-state index is 12.6. The van der Waals surface area contributed by atoms with Gasteiger partial charge in [0.05, 0.1) is 4.88 Å². The zero-order chi connectivity index (χ0) is 17.0. The Labute approximate surface area is 142 Å². The molecule has 1 unspecified atom stereocenters. The Hall–Kier alpha value is -0.960. The van der Waals surface area contributed by atoms with Crippen LogP contribution in [0.2, 0.25) is 0 Å². The first-order valence-electron chi connectivity index (χ1n) is 7.90. The van der Waals surface area contributed by atoms with Gasteiger partial charge in [0.2, 0.25) is 0 Å². The average molecular weight is 360 g/mol. The molecule has 1 aromatic rings. The zero-order valence-electron chi connectivity index (χ0n) is 13.8. The van der Waals surface area contributed by atoms with Gasteiger partial charge in [-0.05, 0) is 44.9 Å². The lowest BCUT2D eigenvalue weighted by atomic mass is 10.0. The number of nitrogens with one attached hydrogen (secondary N) is 2. The van der Waals surface area contributed by atoms with Crippen LogP contribution in [0.25, 0.3) is 0 Å². The molecule has 2 rings (SSSR count). The van der Waals surface area contributed by atoms with E-state index in [4.69, 9.17) is 0 Å². The fraction of sp³-hybridized carbons (Fsp3) is 0.667. The van der Waals surface area contributed by atoms with Gasteiger partial charge in [-0.2, -0.15) is 4.31 Å². The van der Waals surface area contributed by atoms with Crippen molar-refractivity contribution in [2.24, 2.45) is 5.92 Å². The molecule has 0 aliphatic carbocycles. The number of carbonyl (C=O) groups is 1. The van der Waals surface area contributed by atoms with Crippen LogP contribution in [0.15, 0.2) is 16.3 Å². The maximum Gasteiger partial charge on any atom is 0.261 e. The number of amides is 1. The quantitative estimate of drug-likeness (QED) is 0.807. The number of piperidine rings is 1. The van der Waals surface area contributed by atoms with E-state index < -0.39 is 10.0 Å². The highest BCUT2D eigenvalue weighted by Crippen LogP contribution is 2.28. The number of carbonyl (C=O) groups excluding carboxylic acids is 1. The molecule has 1 atom stereocenters. The van der Waals surface area contributed by atoms with E-state index in [9.17, 15) is 13.2 Å². The van der Waals surface area contributed by atoms with E-state index >= 15 is 0 Å². The SMILES string of the molecule is CNC(C)CNC(=O)c1ccc(S(=O)(=O)N2CCC(C)CC2)s1. The molecule has 0 radical (unpaired) electrons. The summed E-state index contributed by atoms with van der Waals surface area (Å²) < 4.78 is 27.1. The first-order chi connectivity index (χ1) is 10.8. The number of hydrogen-bond donors (Lipinski definition) is 2. The fourth-order valence-electron chi connectivity index (χ4n) is 2.37. The van der Waals surface area contributed by atoms with E-state index in [1.165, 1.54) is 10.4 Å². The van der Waals surface area contributed by atoms with Crippen LogP contribution in [-0.2, 0) is 10.0 Å². The first-order valence-corrected chi connectivity index (χ1v) is 10.2. The molecule has 0 spiro atoms. The van der Waals surface area contributed by atoms with Crippen LogP contribution < -0.4 is 10.6 Å². The molecule has 8 heteroatoms. The molecule has 1 aliphatic heterocycles. The highest BCUT2D eigenvalue weighted by atomic mass is 32.2. The molecule has 23 heavy (non-hydrogen) atoms. The molecule has 0 bridgehead atoms. The zero-order valence-corrected chi connectivity index (χ0v) is 15.5. The van der Waals surface area contributed by atoms with Crippen LogP contribution in [0.4, 0.5) is 0 Å². The van der Waals surface area contributed by atoms with Gasteiger partial charge >= 0.3 is 0 Å². The van der Waals surface area contributed by atoms with E-state index in [1.54, 1.807) is 6.07 Å². The number of sulfonamides is 1. The van der Waals surface area contributed by atoms with Crippen molar-refractivity contribution in [1.29, 1.82) is 0 Å². The van der Waals surface area contributed by atoms with Crippen LogP contribution in [0.5, 0.6) is 0 Å².